The summed E-state index contributed by atoms with van der Waals surface area (Å²) in [5, 5.41) is 17.7. The van der Waals surface area contributed by atoms with Crippen LogP contribution in [0.4, 0.5) is 0 Å². The average Bonchev–Trinajstić information content (AvgIpc) is 2.37. The summed E-state index contributed by atoms with van der Waals surface area (Å²) in [6.45, 7) is -0.298. The standard InChI is InChI=1S/C12H16O5/c1-16-12(15)6-9-2-4-11(5-3-9)17-8-10(14)7-13/h2-5,10,13-14H,6-8H2,1H3. The van der Waals surface area contributed by atoms with Crippen molar-refractivity contribution in [1.82, 2.24) is 0 Å². The van der Waals surface area contributed by atoms with Gasteiger partial charge in [0.25, 0.3) is 0 Å². The largest absolute Gasteiger partial charge is 0.491 e. The summed E-state index contributed by atoms with van der Waals surface area (Å²) in [7, 11) is 1.34. The second kappa shape index (κ2) is 6.88. The zero-order valence-electron chi connectivity index (χ0n) is 9.63. The van der Waals surface area contributed by atoms with E-state index in [1.54, 1.807) is 24.3 Å². The monoisotopic (exact) mass is 240 g/mol. The first-order chi connectivity index (χ1) is 8.15. The van der Waals surface area contributed by atoms with Crippen LogP contribution in [-0.2, 0) is 16.0 Å². The van der Waals surface area contributed by atoms with Gasteiger partial charge >= 0.3 is 5.97 Å². The van der Waals surface area contributed by atoms with Crippen LogP contribution in [0.15, 0.2) is 24.3 Å². The van der Waals surface area contributed by atoms with Gasteiger partial charge in [0.05, 0.1) is 20.1 Å². The topological polar surface area (TPSA) is 76.0 Å². The Morgan fingerprint density at radius 2 is 2.00 bits per heavy atom. The number of hydrogen-bond donors (Lipinski definition) is 2. The first-order valence-electron chi connectivity index (χ1n) is 5.23. The van der Waals surface area contributed by atoms with Gasteiger partial charge < -0.3 is 19.7 Å². The van der Waals surface area contributed by atoms with Gasteiger partial charge in [-0.1, -0.05) is 12.1 Å². The summed E-state index contributed by atoms with van der Waals surface area (Å²) in [4.78, 5) is 11.0. The minimum Gasteiger partial charge on any atom is -0.491 e. The molecule has 0 aromatic heterocycles. The SMILES string of the molecule is COC(=O)Cc1ccc(OCC(O)CO)cc1. The second-order valence-corrected chi connectivity index (χ2v) is 3.54. The van der Waals surface area contributed by atoms with Crippen molar-refractivity contribution in [2.45, 2.75) is 12.5 Å². The van der Waals surface area contributed by atoms with Crippen LogP contribution in [-0.4, -0.2) is 42.6 Å². The number of carbonyl (C=O) groups excluding carboxylic acids is 1. The molecule has 0 heterocycles. The summed E-state index contributed by atoms with van der Waals surface area (Å²) in [6, 6.07) is 6.89. The summed E-state index contributed by atoms with van der Waals surface area (Å²) in [6.07, 6.45) is -0.666. The molecule has 2 N–H and O–H groups in total. The first kappa shape index (κ1) is 13.5. The Morgan fingerprint density at radius 1 is 1.35 bits per heavy atom. The lowest BCUT2D eigenvalue weighted by Gasteiger charge is -2.10. The molecular weight excluding hydrogens is 224 g/mol. The number of hydrogen-bond acceptors (Lipinski definition) is 5. The molecular formula is C12H16O5. The van der Waals surface area contributed by atoms with Crippen LogP contribution in [0, 0.1) is 0 Å². The maximum Gasteiger partial charge on any atom is 0.309 e. The van der Waals surface area contributed by atoms with E-state index in [4.69, 9.17) is 14.9 Å². The van der Waals surface area contributed by atoms with Crippen molar-refractivity contribution in [2.75, 3.05) is 20.3 Å². The lowest BCUT2D eigenvalue weighted by molar-refractivity contribution is -0.139. The number of carbonyl (C=O) groups is 1. The molecule has 1 rings (SSSR count). The van der Waals surface area contributed by atoms with Crippen LogP contribution in [0.25, 0.3) is 0 Å². The third kappa shape index (κ3) is 4.84. The number of esters is 1. The molecule has 0 saturated heterocycles. The van der Waals surface area contributed by atoms with Gasteiger partial charge in [-0.05, 0) is 17.7 Å². The van der Waals surface area contributed by atoms with E-state index >= 15 is 0 Å². The Bertz CT molecular complexity index is 346. The third-order valence-corrected chi connectivity index (χ3v) is 2.15. The van der Waals surface area contributed by atoms with Gasteiger partial charge in [-0.25, -0.2) is 0 Å². The lowest BCUT2D eigenvalue weighted by Crippen LogP contribution is -2.21. The molecule has 0 amide bonds. The normalized spacial score (nSPS) is 11.9. The molecule has 5 heteroatoms. The minimum atomic E-state index is -0.884. The molecule has 1 aromatic rings. The van der Waals surface area contributed by atoms with Crippen molar-refractivity contribution in [2.24, 2.45) is 0 Å². The van der Waals surface area contributed by atoms with E-state index in [-0.39, 0.29) is 25.6 Å². The summed E-state index contributed by atoms with van der Waals surface area (Å²) in [5.74, 6) is 0.278. The number of benzene rings is 1. The predicted octanol–water partition coefficient (Wildman–Crippen LogP) is 0.134. The summed E-state index contributed by atoms with van der Waals surface area (Å²) >= 11 is 0. The Balaban J connectivity index is 2.47. The lowest BCUT2D eigenvalue weighted by atomic mass is 10.1. The second-order valence-electron chi connectivity index (χ2n) is 3.54. The Hall–Kier alpha value is -1.59. The van der Waals surface area contributed by atoms with Crippen molar-refractivity contribution >= 4 is 5.97 Å². The smallest absolute Gasteiger partial charge is 0.309 e. The Kier molecular flexibility index (Phi) is 5.45. The number of aliphatic hydroxyl groups excluding tert-OH is 2. The molecule has 0 saturated carbocycles. The molecule has 0 spiro atoms. The van der Waals surface area contributed by atoms with E-state index < -0.39 is 6.10 Å². The van der Waals surface area contributed by atoms with Crippen molar-refractivity contribution in [3.63, 3.8) is 0 Å². The van der Waals surface area contributed by atoms with E-state index in [0.717, 1.165) is 5.56 Å². The van der Waals surface area contributed by atoms with Gasteiger partial charge in [0.1, 0.15) is 18.5 Å². The number of rotatable bonds is 6. The molecule has 0 bridgehead atoms. The van der Waals surface area contributed by atoms with Gasteiger partial charge in [0.15, 0.2) is 0 Å². The first-order valence-corrected chi connectivity index (χ1v) is 5.23. The van der Waals surface area contributed by atoms with Crippen molar-refractivity contribution < 1.29 is 24.5 Å². The highest BCUT2D eigenvalue weighted by Crippen LogP contribution is 2.13. The molecule has 0 radical (unpaired) electrons. The fourth-order valence-electron chi connectivity index (χ4n) is 1.19. The van der Waals surface area contributed by atoms with Crippen molar-refractivity contribution in [3.8, 4) is 5.75 Å². The molecule has 5 nitrogen and oxygen atoms in total. The van der Waals surface area contributed by atoms with Gasteiger partial charge in [0.2, 0.25) is 0 Å². The fraction of sp³-hybridized carbons (Fsp3) is 0.417. The molecule has 0 aliphatic heterocycles. The van der Waals surface area contributed by atoms with Crippen molar-refractivity contribution in [1.29, 1.82) is 0 Å². The number of aliphatic hydroxyl groups is 2. The van der Waals surface area contributed by atoms with E-state index in [9.17, 15) is 4.79 Å². The molecule has 1 aromatic carbocycles. The molecule has 0 aliphatic carbocycles. The highest BCUT2D eigenvalue weighted by molar-refractivity contribution is 5.72. The van der Waals surface area contributed by atoms with Crippen LogP contribution in [0.5, 0.6) is 5.75 Å². The van der Waals surface area contributed by atoms with Crippen LogP contribution >= 0.6 is 0 Å². The summed E-state index contributed by atoms with van der Waals surface area (Å²) < 4.78 is 9.77. The van der Waals surface area contributed by atoms with Crippen LogP contribution in [0.3, 0.4) is 0 Å². The molecule has 1 atom stereocenters. The van der Waals surface area contributed by atoms with Gasteiger partial charge in [-0.2, -0.15) is 0 Å². The van der Waals surface area contributed by atoms with Crippen LogP contribution < -0.4 is 4.74 Å². The summed E-state index contributed by atoms with van der Waals surface area (Å²) in [5.41, 5.74) is 0.826. The average molecular weight is 240 g/mol. The molecule has 0 fully saturated rings. The quantitative estimate of drug-likeness (QED) is 0.691. The maximum absolute atomic E-state index is 11.0. The van der Waals surface area contributed by atoms with E-state index in [0.29, 0.717) is 5.75 Å². The van der Waals surface area contributed by atoms with Gasteiger partial charge in [0, 0.05) is 0 Å². The van der Waals surface area contributed by atoms with Gasteiger partial charge in [-0.15, -0.1) is 0 Å². The number of ether oxygens (including phenoxy) is 2. The van der Waals surface area contributed by atoms with Crippen molar-refractivity contribution in [3.05, 3.63) is 29.8 Å². The molecule has 17 heavy (non-hydrogen) atoms. The molecule has 0 aliphatic rings. The molecule has 94 valence electrons. The minimum absolute atomic E-state index is 0.0346. The highest BCUT2D eigenvalue weighted by Gasteiger charge is 2.05. The van der Waals surface area contributed by atoms with E-state index in [1.165, 1.54) is 7.11 Å². The molecule has 1 unspecified atom stereocenters. The van der Waals surface area contributed by atoms with Crippen LogP contribution in [0.1, 0.15) is 5.56 Å². The zero-order valence-corrected chi connectivity index (χ0v) is 9.63. The maximum atomic E-state index is 11.0. The van der Waals surface area contributed by atoms with E-state index in [1.807, 2.05) is 0 Å². The predicted molar refractivity (Wildman–Crippen MR) is 60.7 cm³/mol. The van der Waals surface area contributed by atoms with Crippen LogP contribution in [0.2, 0.25) is 0 Å². The Morgan fingerprint density at radius 3 is 2.53 bits per heavy atom. The number of methoxy groups -OCH3 is 1. The highest BCUT2D eigenvalue weighted by atomic mass is 16.5. The van der Waals surface area contributed by atoms with E-state index in [2.05, 4.69) is 4.74 Å². The third-order valence-electron chi connectivity index (χ3n) is 2.15. The van der Waals surface area contributed by atoms with Gasteiger partial charge in [-0.3, -0.25) is 4.79 Å². The zero-order chi connectivity index (χ0) is 12.7. The fourth-order valence-corrected chi connectivity index (χ4v) is 1.19. The Labute approximate surface area is 99.6 Å².